The SMILES string of the molecule is O=CCC1CCC(=O)N1c1ccc(Cl)c(Cl)c1. The summed E-state index contributed by atoms with van der Waals surface area (Å²) in [6, 6.07) is 5.00. The fourth-order valence-corrected chi connectivity index (χ4v) is 2.36. The van der Waals surface area contributed by atoms with Gasteiger partial charge in [0.15, 0.2) is 0 Å². The van der Waals surface area contributed by atoms with Crippen LogP contribution in [-0.4, -0.2) is 18.2 Å². The van der Waals surface area contributed by atoms with Gasteiger partial charge in [0.2, 0.25) is 5.91 Å². The van der Waals surface area contributed by atoms with Crippen LogP contribution < -0.4 is 4.90 Å². The molecule has 1 fully saturated rings. The largest absolute Gasteiger partial charge is 0.309 e. The van der Waals surface area contributed by atoms with E-state index in [1.165, 1.54) is 0 Å². The highest BCUT2D eigenvalue weighted by Crippen LogP contribution is 2.32. The van der Waals surface area contributed by atoms with Crippen molar-refractivity contribution in [2.75, 3.05) is 4.90 Å². The molecule has 0 aromatic heterocycles. The molecule has 17 heavy (non-hydrogen) atoms. The van der Waals surface area contributed by atoms with E-state index in [1.54, 1.807) is 23.1 Å². The maximum absolute atomic E-state index is 11.8. The van der Waals surface area contributed by atoms with Crippen molar-refractivity contribution in [1.82, 2.24) is 0 Å². The molecule has 1 aromatic rings. The molecule has 0 saturated carbocycles. The summed E-state index contributed by atoms with van der Waals surface area (Å²) >= 11 is 11.8. The van der Waals surface area contributed by atoms with Crippen LogP contribution in [-0.2, 0) is 9.59 Å². The number of amides is 1. The molecule has 0 N–H and O–H groups in total. The third-order valence-corrected chi connectivity index (χ3v) is 3.61. The van der Waals surface area contributed by atoms with E-state index in [9.17, 15) is 9.59 Å². The fourth-order valence-electron chi connectivity index (χ4n) is 2.07. The average molecular weight is 272 g/mol. The maximum atomic E-state index is 11.8. The molecule has 0 aliphatic carbocycles. The number of carbonyl (C=O) groups is 2. The zero-order valence-corrected chi connectivity index (χ0v) is 10.5. The molecular weight excluding hydrogens is 261 g/mol. The molecule has 1 unspecified atom stereocenters. The van der Waals surface area contributed by atoms with Gasteiger partial charge < -0.3 is 9.69 Å². The third-order valence-electron chi connectivity index (χ3n) is 2.87. The second-order valence-electron chi connectivity index (χ2n) is 3.96. The van der Waals surface area contributed by atoms with Gasteiger partial charge in [-0.1, -0.05) is 23.2 Å². The van der Waals surface area contributed by atoms with Crippen molar-refractivity contribution in [2.24, 2.45) is 0 Å². The molecule has 1 aliphatic heterocycles. The van der Waals surface area contributed by atoms with E-state index >= 15 is 0 Å². The lowest BCUT2D eigenvalue weighted by Gasteiger charge is -2.23. The number of benzene rings is 1. The predicted octanol–water partition coefficient (Wildman–Crippen LogP) is 3.08. The van der Waals surface area contributed by atoms with E-state index < -0.39 is 0 Å². The lowest BCUT2D eigenvalue weighted by atomic mass is 10.1. The van der Waals surface area contributed by atoms with E-state index in [0.717, 1.165) is 6.29 Å². The highest BCUT2D eigenvalue weighted by atomic mass is 35.5. The quantitative estimate of drug-likeness (QED) is 0.793. The number of anilines is 1. The number of aldehydes is 1. The minimum atomic E-state index is -0.0581. The molecule has 0 radical (unpaired) electrons. The number of hydrogen-bond donors (Lipinski definition) is 0. The normalized spacial score (nSPS) is 19.8. The van der Waals surface area contributed by atoms with E-state index in [4.69, 9.17) is 23.2 Å². The molecule has 90 valence electrons. The van der Waals surface area contributed by atoms with Crippen molar-refractivity contribution >= 4 is 41.1 Å². The third kappa shape index (κ3) is 2.45. The zero-order valence-electron chi connectivity index (χ0n) is 9.03. The molecule has 1 atom stereocenters. The Hall–Kier alpha value is -1.06. The average Bonchev–Trinajstić information content (AvgIpc) is 2.65. The Labute approximate surface area is 109 Å². The Balaban J connectivity index is 2.32. The van der Waals surface area contributed by atoms with Gasteiger partial charge in [-0.25, -0.2) is 0 Å². The van der Waals surface area contributed by atoms with E-state index in [2.05, 4.69) is 0 Å². The second-order valence-corrected chi connectivity index (χ2v) is 4.77. The number of rotatable bonds is 3. The Morgan fingerprint density at radius 2 is 2.12 bits per heavy atom. The first-order chi connectivity index (χ1) is 8.13. The molecule has 0 bridgehead atoms. The topological polar surface area (TPSA) is 37.4 Å². The van der Waals surface area contributed by atoms with Gasteiger partial charge in [0.25, 0.3) is 0 Å². The summed E-state index contributed by atoms with van der Waals surface area (Å²) in [6.45, 7) is 0. The fraction of sp³-hybridized carbons (Fsp3) is 0.333. The highest BCUT2D eigenvalue weighted by Gasteiger charge is 2.31. The molecule has 1 aliphatic rings. The second kappa shape index (κ2) is 5.07. The molecule has 5 heteroatoms. The highest BCUT2D eigenvalue weighted by molar-refractivity contribution is 6.42. The summed E-state index contributed by atoms with van der Waals surface area (Å²) in [5, 5.41) is 0.864. The summed E-state index contributed by atoms with van der Waals surface area (Å²) in [5.74, 6) is 0.0234. The van der Waals surface area contributed by atoms with Crippen molar-refractivity contribution in [1.29, 1.82) is 0 Å². The molecule has 3 nitrogen and oxygen atoms in total. The monoisotopic (exact) mass is 271 g/mol. The van der Waals surface area contributed by atoms with Gasteiger partial charge in [0.1, 0.15) is 6.29 Å². The van der Waals surface area contributed by atoms with Crippen LogP contribution in [0.3, 0.4) is 0 Å². The van der Waals surface area contributed by atoms with Gasteiger partial charge in [0, 0.05) is 24.6 Å². The standard InChI is InChI=1S/C12H11Cl2NO2/c13-10-3-1-9(7-11(10)14)15-8(5-6-16)2-4-12(15)17/h1,3,6-8H,2,4-5H2. The van der Waals surface area contributed by atoms with Crippen LogP contribution in [0.2, 0.25) is 10.0 Å². The van der Waals surface area contributed by atoms with Crippen LogP contribution >= 0.6 is 23.2 Å². The first-order valence-corrected chi connectivity index (χ1v) is 6.10. The first-order valence-electron chi connectivity index (χ1n) is 5.34. The number of nitrogens with zero attached hydrogens (tertiary/aromatic N) is 1. The lowest BCUT2D eigenvalue weighted by molar-refractivity contribution is -0.117. The zero-order chi connectivity index (χ0) is 12.4. The van der Waals surface area contributed by atoms with Crippen molar-refractivity contribution in [3.8, 4) is 0 Å². The summed E-state index contributed by atoms with van der Waals surface area (Å²) in [7, 11) is 0. The van der Waals surface area contributed by atoms with Gasteiger partial charge in [-0.2, -0.15) is 0 Å². The first kappa shape index (κ1) is 12.4. The number of halogens is 2. The van der Waals surface area contributed by atoms with Crippen LogP contribution in [0.25, 0.3) is 0 Å². The smallest absolute Gasteiger partial charge is 0.227 e. The van der Waals surface area contributed by atoms with Gasteiger partial charge in [0.05, 0.1) is 10.0 Å². The van der Waals surface area contributed by atoms with E-state index in [0.29, 0.717) is 35.0 Å². The molecule has 0 spiro atoms. The summed E-state index contributed by atoms with van der Waals surface area (Å²) < 4.78 is 0. The predicted molar refractivity (Wildman–Crippen MR) is 67.7 cm³/mol. The van der Waals surface area contributed by atoms with Gasteiger partial charge in [-0.3, -0.25) is 4.79 Å². The van der Waals surface area contributed by atoms with Crippen LogP contribution in [0.1, 0.15) is 19.3 Å². The maximum Gasteiger partial charge on any atom is 0.227 e. The van der Waals surface area contributed by atoms with Crippen molar-refractivity contribution < 1.29 is 9.59 Å². The molecular formula is C12H11Cl2NO2. The minimum Gasteiger partial charge on any atom is -0.309 e. The van der Waals surface area contributed by atoms with Crippen molar-refractivity contribution in [3.05, 3.63) is 28.2 Å². The van der Waals surface area contributed by atoms with Crippen LogP contribution in [0.4, 0.5) is 5.69 Å². The Morgan fingerprint density at radius 3 is 2.76 bits per heavy atom. The Bertz CT molecular complexity index is 462. The Kier molecular flexibility index (Phi) is 3.69. The summed E-state index contributed by atoms with van der Waals surface area (Å²) in [6.07, 6.45) is 2.37. The van der Waals surface area contributed by atoms with Crippen LogP contribution in [0, 0.1) is 0 Å². The summed E-state index contributed by atoms with van der Waals surface area (Å²) in [5.41, 5.74) is 0.703. The molecule has 2 rings (SSSR count). The minimum absolute atomic E-state index is 0.0234. The van der Waals surface area contributed by atoms with Crippen LogP contribution in [0.5, 0.6) is 0 Å². The molecule has 1 heterocycles. The number of carbonyl (C=O) groups excluding carboxylic acids is 2. The van der Waals surface area contributed by atoms with Gasteiger partial charge >= 0.3 is 0 Å². The van der Waals surface area contributed by atoms with Gasteiger partial charge in [-0.15, -0.1) is 0 Å². The molecule has 1 amide bonds. The van der Waals surface area contributed by atoms with Crippen molar-refractivity contribution in [2.45, 2.75) is 25.3 Å². The van der Waals surface area contributed by atoms with Gasteiger partial charge in [-0.05, 0) is 24.6 Å². The molecule has 1 aromatic carbocycles. The molecule has 1 saturated heterocycles. The number of hydrogen-bond acceptors (Lipinski definition) is 2. The Morgan fingerprint density at radius 1 is 1.35 bits per heavy atom. The summed E-state index contributed by atoms with van der Waals surface area (Å²) in [4.78, 5) is 24.0. The lowest BCUT2D eigenvalue weighted by Crippen LogP contribution is -2.33. The van der Waals surface area contributed by atoms with E-state index in [1.807, 2.05) is 0 Å². The van der Waals surface area contributed by atoms with E-state index in [-0.39, 0.29) is 11.9 Å². The van der Waals surface area contributed by atoms with Crippen LogP contribution in [0.15, 0.2) is 18.2 Å². The van der Waals surface area contributed by atoms with Crippen molar-refractivity contribution in [3.63, 3.8) is 0 Å².